The summed E-state index contributed by atoms with van der Waals surface area (Å²) < 4.78 is 26.1. The van der Waals surface area contributed by atoms with Crippen LogP contribution in [0.15, 0.2) is 24.4 Å². The highest BCUT2D eigenvalue weighted by molar-refractivity contribution is 7.88. The normalized spacial score (nSPS) is 16.3. The lowest BCUT2D eigenvalue weighted by molar-refractivity contribution is -0.120. The summed E-state index contributed by atoms with van der Waals surface area (Å²) in [4.78, 5) is 12.5. The Hall–Kier alpha value is -1.32. The van der Waals surface area contributed by atoms with E-state index in [-0.39, 0.29) is 17.6 Å². The topological polar surface area (TPSA) is 84.3 Å². The zero-order chi connectivity index (χ0) is 20.5. The molecule has 0 atom stereocenters. The molecule has 0 spiro atoms. The molecule has 0 unspecified atom stereocenters. The lowest BCUT2D eigenvalue weighted by Crippen LogP contribution is -2.40. The molecule has 1 aromatic carbocycles. The van der Waals surface area contributed by atoms with Gasteiger partial charge in [0.2, 0.25) is 15.9 Å². The van der Waals surface area contributed by atoms with Gasteiger partial charge in [0, 0.05) is 40.8 Å². The number of anilines is 1. The van der Waals surface area contributed by atoms with E-state index < -0.39 is 10.0 Å². The third kappa shape index (κ3) is 4.99. The van der Waals surface area contributed by atoms with E-state index in [0.29, 0.717) is 53.1 Å². The summed E-state index contributed by atoms with van der Waals surface area (Å²) in [6.45, 7) is 0.953. The molecule has 1 fully saturated rings. The molecule has 0 saturated carbocycles. The minimum atomic E-state index is -3.23. The predicted octanol–water partition coefficient (Wildman–Crippen LogP) is 3.50. The molecule has 7 nitrogen and oxygen atoms in total. The first-order valence-corrected chi connectivity index (χ1v) is 11.5. The van der Waals surface area contributed by atoms with Crippen LogP contribution in [-0.2, 0) is 21.4 Å². The van der Waals surface area contributed by atoms with E-state index in [2.05, 4.69) is 10.4 Å². The first-order chi connectivity index (χ1) is 13.1. The molecule has 1 saturated heterocycles. The second-order valence-electron chi connectivity index (χ2n) is 6.65. The molecular weight excluding hydrogens is 447 g/mol. The van der Waals surface area contributed by atoms with E-state index in [4.69, 9.17) is 34.8 Å². The minimum absolute atomic E-state index is 0.226. The maximum absolute atomic E-state index is 12.5. The van der Waals surface area contributed by atoms with Crippen LogP contribution in [0.3, 0.4) is 0 Å². The zero-order valence-corrected chi connectivity index (χ0v) is 18.1. The number of sulfonamides is 1. The van der Waals surface area contributed by atoms with Crippen molar-refractivity contribution in [2.45, 2.75) is 19.4 Å². The van der Waals surface area contributed by atoms with Gasteiger partial charge in [0.15, 0.2) is 5.82 Å². The van der Waals surface area contributed by atoms with Crippen molar-refractivity contribution >= 4 is 56.6 Å². The molecule has 0 bridgehead atoms. The quantitative estimate of drug-likeness (QED) is 0.732. The van der Waals surface area contributed by atoms with Gasteiger partial charge in [0.05, 0.1) is 12.8 Å². The maximum atomic E-state index is 12.5. The maximum Gasteiger partial charge on any atom is 0.228 e. The zero-order valence-electron chi connectivity index (χ0n) is 15.0. The van der Waals surface area contributed by atoms with E-state index in [1.54, 1.807) is 29.1 Å². The van der Waals surface area contributed by atoms with Crippen LogP contribution < -0.4 is 5.32 Å². The highest BCUT2D eigenvalue weighted by Crippen LogP contribution is 2.28. The summed E-state index contributed by atoms with van der Waals surface area (Å²) in [6, 6.07) is 5.23. The van der Waals surface area contributed by atoms with Crippen molar-refractivity contribution in [2.24, 2.45) is 5.92 Å². The van der Waals surface area contributed by atoms with Gasteiger partial charge in [-0.1, -0.05) is 40.9 Å². The molecule has 0 aliphatic carbocycles. The number of piperidine rings is 1. The van der Waals surface area contributed by atoms with E-state index >= 15 is 0 Å². The van der Waals surface area contributed by atoms with Crippen molar-refractivity contribution in [1.82, 2.24) is 14.1 Å². The van der Waals surface area contributed by atoms with Crippen LogP contribution in [0.1, 0.15) is 18.4 Å². The van der Waals surface area contributed by atoms with Gasteiger partial charge in [-0.2, -0.15) is 5.10 Å². The number of nitrogens with one attached hydrogen (secondary N) is 1. The van der Waals surface area contributed by atoms with E-state index in [9.17, 15) is 13.2 Å². The lowest BCUT2D eigenvalue weighted by atomic mass is 9.97. The highest BCUT2D eigenvalue weighted by atomic mass is 35.5. The van der Waals surface area contributed by atoms with Crippen LogP contribution in [0.2, 0.25) is 15.1 Å². The predicted molar refractivity (Wildman–Crippen MR) is 111 cm³/mol. The second kappa shape index (κ2) is 8.59. The summed E-state index contributed by atoms with van der Waals surface area (Å²) in [5, 5.41) is 8.37. The Morgan fingerprint density at radius 1 is 1.18 bits per heavy atom. The average molecular weight is 466 g/mol. The van der Waals surface area contributed by atoms with Crippen LogP contribution in [0, 0.1) is 5.92 Å². The van der Waals surface area contributed by atoms with Crippen molar-refractivity contribution in [1.29, 1.82) is 0 Å². The number of carbonyl (C=O) groups is 1. The fourth-order valence-corrected chi connectivity index (χ4v) is 4.67. The van der Waals surface area contributed by atoms with Crippen molar-refractivity contribution < 1.29 is 13.2 Å². The minimum Gasteiger partial charge on any atom is -0.308 e. The van der Waals surface area contributed by atoms with Gasteiger partial charge in [-0.05, 0) is 25.0 Å². The van der Waals surface area contributed by atoms with Gasteiger partial charge in [0.25, 0.3) is 0 Å². The number of carbonyl (C=O) groups excluding carboxylic acids is 1. The first kappa shape index (κ1) is 21.4. The van der Waals surface area contributed by atoms with E-state index in [1.807, 2.05) is 0 Å². The van der Waals surface area contributed by atoms with Gasteiger partial charge in [-0.3, -0.25) is 9.48 Å². The molecule has 11 heteroatoms. The van der Waals surface area contributed by atoms with Gasteiger partial charge < -0.3 is 5.32 Å². The second-order valence-corrected chi connectivity index (χ2v) is 9.85. The van der Waals surface area contributed by atoms with E-state index in [0.717, 1.165) is 0 Å². The Morgan fingerprint density at radius 3 is 2.36 bits per heavy atom. The third-order valence-electron chi connectivity index (χ3n) is 4.63. The average Bonchev–Trinajstić information content (AvgIpc) is 2.97. The van der Waals surface area contributed by atoms with Gasteiger partial charge in [-0.25, -0.2) is 12.7 Å². The SMILES string of the molecule is CS(=O)(=O)N1CCC(C(=O)Nc2nn(Cc3c(Cl)cccc3Cl)cc2Cl)CC1. The van der Waals surface area contributed by atoms with Gasteiger partial charge >= 0.3 is 0 Å². The van der Waals surface area contributed by atoms with Crippen molar-refractivity contribution in [2.75, 3.05) is 24.7 Å². The lowest BCUT2D eigenvalue weighted by Gasteiger charge is -2.29. The summed E-state index contributed by atoms with van der Waals surface area (Å²) >= 11 is 18.6. The number of halogens is 3. The monoisotopic (exact) mass is 464 g/mol. The first-order valence-electron chi connectivity index (χ1n) is 8.57. The van der Waals surface area contributed by atoms with Crippen LogP contribution in [-0.4, -0.2) is 47.8 Å². The smallest absolute Gasteiger partial charge is 0.228 e. The van der Waals surface area contributed by atoms with Crippen molar-refractivity contribution in [3.8, 4) is 0 Å². The molecule has 1 N–H and O–H groups in total. The molecule has 1 aromatic heterocycles. The summed E-state index contributed by atoms with van der Waals surface area (Å²) in [6.07, 6.45) is 3.66. The molecule has 2 aromatic rings. The summed E-state index contributed by atoms with van der Waals surface area (Å²) in [5.74, 6) is -0.270. The number of amides is 1. The van der Waals surface area contributed by atoms with Crippen LogP contribution >= 0.6 is 34.8 Å². The number of hydrogen-bond acceptors (Lipinski definition) is 4. The van der Waals surface area contributed by atoms with Gasteiger partial charge in [0.1, 0.15) is 5.02 Å². The van der Waals surface area contributed by atoms with Crippen LogP contribution in [0.4, 0.5) is 5.82 Å². The van der Waals surface area contributed by atoms with Crippen LogP contribution in [0.5, 0.6) is 0 Å². The molecule has 1 amide bonds. The molecule has 1 aliphatic heterocycles. The fraction of sp³-hybridized carbons (Fsp3) is 0.412. The number of hydrogen-bond donors (Lipinski definition) is 1. The molecule has 1 aliphatic rings. The largest absolute Gasteiger partial charge is 0.308 e. The highest BCUT2D eigenvalue weighted by Gasteiger charge is 2.29. The Bertz CT molecular complexity index is 965. The molecule has 3 rings (SSSR count). The molecular formula is C17H19Cl3N4O3S. The molecule has 152 valence electrons. The van der Waals surface area contributed by atoms with E-state index in [1.165, 1.54) is 10.6 Å². The van der Waals surface area contributed by atoms with Crippen molar-refractivity contribution in [3.05, 3.63) is 45.0 Å². The summed E-state index contributed by atoms with van der Waals surface area (Å²) in [7, 11) is -3.23. The van der Waals surface area contributed by atoms with Crippen molar-refractivity contribution in [3.63, 3.8) is 0 Å². The number of benzene rings is 1. The Labute approximate surface area is 178 Å². The van der Waals surface area contributed by atoms with Gasteiger partial charge in [-0.15, -0.1) is 0 Å². The number of nitrogens with zero attached hydrogens (tertiary/aromatic N) is 3. The molecule has 2 heterocycles. The Balaban J connectivity index is 1.65. The fourth-order valence-electron chi connectivity index (χ4n) is 3.08. The number of rotatable bonds is 5. The summed E-state index contributed by atoms with van der Waals surface area (Å²) in [5.41, 5.74) is 0.705. The standard InChI is InChI=1S/C17H19Cl3N4O3S/c1-28(26,27)24-7-5-11(6-8-24)17(25)21-16-15(20)10-23(22-16)9-12-13(18)3-2-4-14(12)19/h2-4,10-11H,5-9H2,1H3,(H,21,22,25). The number of aromatic nitrogens is 2. The molecule has 28 heavy (non-hydrogen) atoms. The molecule has 0 radical (unpaired) electrons. The Morgan fingerprint density at radius 2 is 1.79 bits per heavy atom. The Kier molecular flexibility index (Phi) is 6.56. The third-order valence-corrected chi connectivity index (χ3v) is 6.92. The van der Waals surface area contributed by atoms with Crippen LogP contribution in [0.25, 0.3) is 0 Å².